The minimum absolute atomic E-state index is 0.200. The lowest BCUT2D eigenvalue weighted by Crippen LogP contribution is -2.32. The Hall–Kier alpha value is -4.22. The number of benzene rings is 2. The fraction of sp³-hybridized carbons (Fsp3) is 0.154. The smallest absolute Gasteiger partial charge is 0.264 e. The van der Waals surface area contributed by atoms with Crippen molar-refractivity contribution in [3.05, 3.63) is 99.3 Å². The number of nitrogens with one attached hydrogen (secondary N) is 2. The van der Waals surface area contributed by atoms with Crippen molar-refractivity contribution in [2.45, 2.75) is 19.9 Å². The quantitative estimate of drug-likeness (QED) is 0.330. The molecule has 0 fully saturated rings. The number of aryl methyl sites for hydroxylation is 1. The topological polar surface area (TPSA) is 127 Å². The number of aromatic nitrogens is 4. The Labute approximate surface area is 222 Å². The van der Waals surface area contributed by atoms with E-state index >= 15 is 0 Å². The van der Waals surface area contributed by atoms with Gasteiger partial charge in [0.25, 0.3) is 11.5 Å². The predicted molar refractivity (Wildman–Crippen MR) is 147 cm³/mol. The first-order valence-electron chi connectivity index (χ1n) is 11.6. The molecule has 0 unspecified atom stereocenters. The average molecular weight is 551 g/mol. The Balaban J connectivity index is 1.69. The lowest BCUT2D eigenvalue weighted by molar-refractivity contribution is 0.0939. The summed E-state index contributed by atoms with van der Waals surface area (Å²) in [6.07, 6.45) is 4.30. The highest BCUT2D eigenvalue weighted by atomic mass is 35.5. The van der Waals surface area contributed by atoms with Crippen LogP contribution in [0.4, 0.5) is 5.69 Å². The molecule has 0 aliphatic heterocycles. The standard InChI is InChI=1S/C26H23ClN6O4S/c1-15(29-25(34)22-16(2)30-32-13-7-12-28-24(22)32)21-14-17-8-6-9-18(27)23(17)26(35)33(21)20-11-5-4-10-19(20)31-38(3,36)37/h4-15,31H,1-3H3,(H,29,34)/t15-/m0/s1. The molecule has 2 aromatic carbocycles. The SMILES string of the molecule is Cc1nn2cccnc2c1C(=O)N[C@@H](C)c1cc2cccc(Cl)c2c(=O)n1-c1ccccc1NS(C)(=O)=O. The summed E-state index contributed by atoms with van der Waals surface area (Å²) < 4.78 is 29.5. The number of para-hydroxylation sites is 2. The van der Waals surface area contributed by atoms with Crippen molar-refractivity contribution in [2.24, 2.45) is 0 Å². The molecule has 5 rings (SSSR count). The number of sulfonamides is 1. The van der Waals surface area contributed by atoms with E-state index in [0.717, 1.165) is 6.26 Å². The number of hydrogen-bond donors (Lipinski definition) is 2. The number of nitrogens with zero attached hydrogens (tertiary/aromatic N) is 4. The number of pyridine rings is 1. The highest BCUT2D eigenvalue weighted by Gasteiger charge is 2.24. The van der Waals surface area contributed by atoms with E-state index in [2.05, 4.69) is 20.1 Å². The van der Waals surface area contributed by atoms with Gasteiger partial charge in [-0.1, -0.05) is 35.9 Å². The summed E-state index contributed by atoms with van der Waals surface area (Å²) in [6.45, 7) is 3.45. The molecule has 3 aromatic heterocycles. The number of carbonyl (C=O) groups excluding carboxylic acids is 1. The molecule has 1 amide bonds. The van der Waals surface area contributed by atoms with Gasteiger partial charge in [-0.05, 0) is 49.6 Å². The Kier molecular flexibility index (Phi) is 6.41. The zero-order valence-electron chi connectivity index (χ0n) is 20.6. The summed E-state index contributed by atoms with van der Waals surface area (Å²) in [4.78, 5) is 31.6. The van der Waals surface area contributed by atoms with E-state index in [1.54, 1.807) is 80.8 Å². The summed E-state index contributed by atoms with van der Waals surface area (Å²) in [5, 5.41) is 8.41. The van der Waals surface area contributed by atoms with Crippen LogP contribution in [0.25, 0.3) is 22.1 Å². The van der Waals surface area contributed by atoms with Crippen LogP contribution in [0.2, 0.25) is 5.02 Å². The van der Waals surface area contributed by atoms with Gasteiger partial charge in [-0.3, -0.25) is 18.9 Å². The van der Waals surface area contributed by atoms with Crippen LogP contribution in [0.1, 0.15) is 34.7 Å². The fourth-order valence-electron chi connectivity index (χ4n) is 4.47. The van der Waals surface area contributed by atoms with Gasteiger partial charge in [0, 0.05) is 18.1 Å². The second kappa shape index (κ2) is 9.58. The molecule has 194 valence electrons. The number of carbonyl (C=O) groups is 1. The molecule has 0 aliphatic rings. The first-order chi connectivity index (χ1) is 18.0. The van der Waals surface area contributed by atoms with Crippen molar-refractivity contribution in [1.29, 1.82) is 0 Å². The van der Waals surface area contributed by atoms with Crippen molar-refractivity contribution in [3.63, 3.8) is 0 Å². The van der Waals surface area contributed by atoms with E-state index in [1.807, 2.05) is 0 Å². The van der Waals surface area contributed by atoms with E-state index in [1.165, 1.54) is 9.08 Å². The Morgan fingerprint density at radius 1 is 1.11 bits per heavy atom. The first-order valence-corrected chi connectivity index (χ1v) is 13.8. The van der Waals surface area contributed by atoms with E-state index in [4.69, 9.17) is 11.6 Å². The average Bonchev–Trinajstić information content (AvgIpc) is 3.19. The minimum Gasteiger partial charge on any atom is -0.344 e. The maximum absolute atomic E-state index is 13.9. The van der Waals surface area contributed by atoms with E-state index in [0.29, 0.717) is 28.0 Å². The molecular weight excluding hydrogens is 528 g/mol. The van der Waals surface area contributed by atoms with Crippen LogP contribution in [0.3, 0.4) is 0 Å². The first kappa shape index (κ1) is 25.4. The second-order valence-corrected chi connectivity index (χ2v) is 11.0. The zero-order valence-corrected chi connectivity index (χ0v) is 22.2. The van der Waals surface area contributed by atoms with Gasteiger partial charge in [0.1, 0.15) is 5.56 Å². The highest BCUT2D eigenvalue weighted by molar-refractivity contribution is 7.92. The number of anilines is 1. The molecule has 1 atom stereocenters. The van der Waals surface area contributed by atoms with Gasteiger partial charge < -0.3 is 5.32 Å². The Morgan fingerprint density at radius 3 is 2.63 bits per heavy atom. The van der Waals surface area contributed by atoms with Crippen molar-refractivity contribution < 1.29 is 13.2 Å². The lowest BCUT2D eigenvalue weighted by Gasteiger charge is -2.23. The Bertz CT molecular complexity index is 1900. The third-order valence-corrected chi connectivity index (χ3v) is 6.96. The molecule has 0 saturated heterocycles. The molecule has 38 heavy (non-hydrogen) atoms. The molecule has 5 aromatic rings. The van der Waals surface area contributed by atoms with Crippen LogP contribution < -0.4 is 15.6 Å². The molecule has 12 heteroatoms. The van der Waals surface area contributed by atoms with Crippen LogP contribution in [-0.2, 0) is 10.0 Å². The van der Waals surface area contributed by atoms with Crippen LogP contribution >= 0.6 is 11.6 Å². The maximum atomic E-state index is 13.9. The molecule has 0 bridgehead atoms. The van der Waals surface area contributed by atoms with Crippen molar-refractivity contribution in [2.75, 3.05) is 11.0 Å². The van der Waals surface area contributed by atoms with Gasteiger partial charge in [0.05, 0.1) is 39.8 Å². The van der Waals surface area contributed by atoms with Crippen LogP contribution in [0, 0.1) is 6.92 Å². The number of hydrogen-bond acceptors (Lipinski definition) is 6. The lowest BCUT2D eigenvalue weighted by atomic mass is 10.1. The summed E-state index contributed by atoms with van der Waals surface area (Å²) in [5.74, 6) is -0.420. The molecule has 0 radical (unpaired) electrons. The molecule has 0 aliphatic carbocycles. The van der Waals surface area contributed by atoms with Crippen LogP contribution in [0.15, 0.2) is 71.8 Å². The van der Waals surface area contributed by atoms with Gasteiger partial charge in [0.15, 0.2) is 5.65 Å². The molecule has 10 nitrogen and oxygen atoms in total. The van der Waals surface area contributed by atoms with Gasteiger partial charge >= 0.3 is 0 Å². The minimum atomic E-state index is -3.66. The van der Waals surface area contributed by atoms with E-state index < -0.39 is 27.5 Å². The predicted octanol–water partition coefficient (Wildman–Crippen LogP) is 3.86. The molecule has 0 spiro atoms. The Morgan fingerprint density at radius 2 is 1.87 bits per heavy atom. The molecule has 2 N–H and O–H groups in total. The zero-order chi connectivity index (χ0) is 27.2. The van der Waals surface area contributed by atoms with Gasteiger partial charge in [-0.15, -0.1) is 0 Å². The van der Waals surface area contributed by atoms with Crippen LogP contribution in [-0.4, -0.2) is 39.7 Å². The highest BCUT2D eigenvalue weighted by Crippen LogP contribution is 2.29. The van der Waals surface area contributed by atoms with Crippen molar-refractivity contribution in [3.8, 4) is 5.69 Å². The van der Waals surface area contributed by atoms with Crippen LogP contribution in [0.5, 0.6) is 0 Å². The third-order valence-electron chi connectivity index (χ3n) is 6.05. The summed E-state index contributed by atoms with van der Waals surface area (Å²) in [5.41, 5.74) is 1.66. The third kappa shape index (κ3) is 4.61. The van der Waals surface area contributed by atoms with Crippen molar-refractivity contribution in [1.82, 2.24) is 24.5 Å². The van der Waals surface area contributed by atoms with Crippen molar-refractivity contribution >= 4 is 49.6 Å². The maximum Gasteiger partial charge on any atom is 0.264 e. The molecule has 0 saturated carbocycles. The van der Waals surface area contributed by atoms with E-state index in [9.17, 15) is 18.0 Å². The fourth-order valence-corrected chi connectivity index (χ4v) is 5.30. The monoisotopic (exact) mass is 550 g/mol. The van der Waals surface area contributed by atoms with Gasteiger partial charge in [0.2, 0.25) is 10.0 Å². The summed E-state index contributed by atoms with van der Waals surface area (Å²) in [7, 11) is -3.66. The number of halogens is 1. The normalized spacial score (nSPS) is 12.5. The second-order valence-electron chi connectivity index (χ2n) is 8.85. The molecule has 3 heterocycles. The molecular formula is C26H23ClN6O4S. The number of fused-ring (bicyclic) bond motifs is 2. The summed E-state index contributed by atoms with van der Waals surface area (Å²) >= 11 is 6.41. The van der Waals surface area contributed by atoms with Gasteiger partial charge in [-0.2, -0.15) is 5.10 Å². The van der Waals surface area contributed by atoms with Gasteiger partial charge in [-0.25, -0.2) is 17.9 Å². The largest absolute Gasteiger partial charge is 0.344 e. The number of amides is 1. The van der Waals surface area contributed by atoms with E-state index in [-0.39, 0.29) is 21.8 Å². The summed E-state index contributed by atoms with van der Waals surface area (Å²) in [6, 6.07) is 14.4. The number of rotatable bonds is 6.